The first-order chi connectivity index (χ1) is 12.1. The summed E-state index contributed by atoms with van der Waals surface area (Å²) in [5.41, 5.74) is -0.110. The predicted molar refractivity (Wildman–Crippen MR) is 94.8 cm³/mol. The average molecular weight is 363 g/mol. The Morgan fingerprint density at radius 2 is 1.65 bits per heavy atom. The summed E-state index contributed by atoms with van der Waals surface area (Å²) in [4.78, 5) is 39.3. The maximum absolute atomic E-state index is 12.6. The van der Waals surface area contributed by atoms with Crippen molar-refractivity contribution in [2.75, 3.05) is 33.2 Å². The van der Waals surface area contributed by atoms with Crippen LogP contribution < -0.4 is 4.90 Å². The number of benzene rings is 1. The summed E-state index contributed by atoms with van der Waals surface area (Å²) in [7, 11) is 6.19. The van der Waals surface area contributed by atoms with Crippen molar-refractivity contribution >= 4 is 23.4 Å². The van der Waals surface area contributed by atoms with Crippen molar-refractivity contribution in [3.8, 4) is 0 Å². The van der Waals surface area contributed by atoms with Gasteiger partial charge in [0, 0.05) is 32.1 Å². The number of hydrogen-bond donors (Lipinski definition) is 1. The molecule has 0 aliphatic heterocycles. The molecule has 0 aromatic heterocycles. The summed E-state index contributed by atoms with van der Waals surface area (Å²) in [5, 5.41) is 10.8. The van der Waals surface area contributed by atoms with E-state index in [0.717, 1.165) is 5.69 Å². The molecule has 0 radical (unpaired) electrons. The highest BCUT2D eigenvalue weighted by Crippen LogP contribution is 2.46. The Bertz CT molecular complexity index is 694. The zero-order valence-corrected chi connectivity index (χ0v) is 15.7. The Morgan fingerprint density at radius 1 is 1.12 bits per heavy atom. The smallest absolute Gasteiger partial charge is 0.316 e. The van der Waals surface area contributed by atoms with Crippen LogP contribution in [0.25, 0.3) is 0 Å². The second-order valence-corrected chi connectivity index (χ2v) is 7.01. The lowest BCUT2D eigenvalue weighted by Gasteiger charge is -2.43. The van der Waals surface area contributed by atoms with Gasteiger partial charge in [0.25, 0.3) is 0 Å². The Hall–Kier alpha value is -2.41. The van der Waals surface area contributed by atoms with Crippen molar-refractivity contribution in [3.63, 3.8) is 0 Å². The van der Waals surface area contributed by atoms with E-state index in [1.165, 1.54) is 21.1 Å². The van der Waals surface area contributed by atoms with Gasteiger partial charge in [-0.15, -0.1) is 0 Å². The number of hydrogen-bond acceptors (Lipinski definition) is 7. The molecule has 0 amide bonds. The zero-order valence-electron chi connectivity index (χ0n) is 15.7. The second-order valence-electron chi connectivity index (χ2n) is 7.01. The molecular formula is C19H25NO6. The summed E-state index contributed by atoms with van der Waals surface area (Å²) in [6.07, 6.45) is -0.321. The lowest BCUT2D eigenvalue weighted by molar-refractivity contribution is -0.170. The molecule has 142 valence electrons. The summed E-state index contributed by atoms with van der Waals surface area (Å²) in [6, 6.07) is 7.15. The maximum Gasteiger partial charge on any atom is 0.316 e. The summed E-state index contributed by atoms with van der Waals surface area (Å²) >= 11 is 0. The first-order valence-corrected chi connectivity index (χ1v) is 8.32. The third-order valence-electron chi connectivity index (χ3n) is 4.97. The minimum Gasteiger partial charge on any atom is -0.469 e. The fourth-order valence-corrected chi connectivity index (χ4v) is 3.66. The minimum absolute atomic E-state index is 0.321. The van der Waals surface area contributed by atoms with E-state index in [1.807, 2.05) is 31.1 Å². The van der Waals surface area contributed by atoms with E-state index in [-0.39, 0.29) is 6.42 Å². The van der Waals surface area contributed by atoms with E-state index in [2.05, 4.69) is 0 Å². The highest BCUT2D eigenvalue weighted by atomic mass is 16.5. The van der Waals surface area contributed by atoms with Crippen molar-refractivity contribution in [1.82, 2.24) is 0 Å². The Morgan fingerprint density at radius 3 is 2.12 bits per heavy atom. The van der Waals surface area contributed by atoms with Gasteiger partial charge in [-0.25, -0.2) is 0 Å². The molecule has 1 aromatic rings. The number of rotatable bonds is 4. The van der Waals surface area contributed by atoms with E-state index in [1.54, 1.807) is 12.1 Å². The van der Waals surface area contributed by atoms with Crippen molar-refractivity contribution in [3.05, 3.63) is 29.8 Å². The van der Waals surface area contributed by atoms with Crippen LogP contribution in [0, 0.1) is 11.8 Å². The van der Waals surface area contributed by atoms with Crippen molar-refractivity contribution < 1.29 is 29.0 Å². The molecule has 1 aliphatic carbocycles. The van der Waals surface area contributed by atoms with Crippen molar-refractivity contribution in [2.45, 2.75) is 24.9 Å². The number of aliphatic hydroxyl groups is 1. The second kappa shape index (κ2) is 7.45. The van der Waals surface area contributed by atoms with Crippen LogP contribution in [0.5, 0.6) is 0 Å². The molecule has 0 spiro atoms. The van der Waals surface area contributed by atoms with Crippen LogP contribution in [-0.2, 0) is 23.9 Å². The summed E-state index contributed by atoms with van der Waals surface area (Å²) in [5.74, 6) is -4.96. The topological polar surface area (TPSA) is 93.1 Å². The normalized spacial score (nSPS) is 28.4. The Balaban J connectivity index is 2.61. The molecule has 4 atom stereocenters. The van der Waals surface area contributed by atoms with Crippen molar-refractivity contribution in [2.24, 2.45) is 11.8 Å². The van der Waals surface area contributed by atoms with Gasteiger partial charge in [-0.05, 0) is 24.6 Å². The van der Waals surface area contributed by atoms with Crippen LogP contribution in [0.3, 0.4) is 0 Å². The molecule has 1 fully saturated rings. The number of Topliss-reactive ketones (excluding diaryl/α,β-unsaturated/α-hetero) is 1. The number of ketones is 1. The van der Waals surface area contributed by atoms with Crippen LogP contribution in [0.4, 0.5) is 5.69 Å². The first-order valence-electron chi connectivity index (χ1n) is 8.32. The standard InChI is InChI=1S/C19H25NO6/c1-19(24)10-13(21)15(17(22)25-4)14(16(19)18(23)26-5)11-6-8-12(9-7-11)20(2)3/h6-9,14-16,24H,10H2,1-5H3/t14-,15-,16+,19-/m0/s1. The van der Waals surface area contributed by atoms with Crippen LogP contribution in [0.1, 0.15) is 24.8 Å². The maximum atomic E-state index is 12.6. The molecule has 26 heavy (non-hydrogen) atoms. The van der Waals surface area contributed by atoms with Crippen LogP contribution in [0.2, 0.25) is 0 Å². The van der Waals surface area contributed by atoms with E-state index in [9.17, 15) is 19.5 Å². The van der Waals surface area contributed by atoms with E-state index in [4.69, 9.17) is 9.47 Å². The number of anilines is 1. The largest absolute Gasteiger partial charge is 0.469 e. The Labute approximate surface area is 152 Å². The average Bonchev–Trinajstić information content (AvgIpc) is 2.59. The van der Waals surface area contributed by atoms with Crippen LogP contribution in [-0.4, -0.2) is 56.7 Å². The molecule has 0 saturated heterocycles. The minimum atomic E-state index is -1.63. The predicted octanol–water partition coefficient (Wildman–Crippen LogP) is 1.14. The van der Waals surface area contributed by atoms with Crippen LogP contribution >= 0.6 is 0 Å². The molecule has 7 heteroatoms. The fourth-order valence-electron chi connectivity index (χ4n) is 3.66. The third kappa shape index (κ3) is 3.58. The van der Waals surface area contributed by atoms with E-state index >= 15 is 0 Å². The Kier molecular flexibility index (Phi) is 5.71. The first kappa shape index (κ1) is 19.9. The monoisotopic (exact) mass is 363 g/mol. The van der Waals surface area contributed by atoms with Gasteiger partial charge in [0.05, 0.1) is 25.7 Å². The van der Waals surface area contributed by atoms with Gasteiger partial charge in [-0.3, -0.25) is 14.4 Å². The summed E-state index contributed by atoms with van der Waals surface area (Å²) in [6.45, 7) is 1.42. The number of methoxy groups -OCH3 is 2. The van der Waals surface area contributed by atoms with Gasteiger partial charge in [0.1, 0.15) is 5.92 Å². The van der Waals surface area contributed by atoms with Gasteiger partial charge in [-0.2, -0.15) is 0 Å². The molecule has 1 aromatic carbocycles. The molecule has 0 bridgehead atoms. The molecule has 1 N–H and O–H groups in total. The van der Waals surface area contributed by atoms with E-state index in [0.29, 0.717) is 5.56 Å². The quantitative estimate of drug-likeness (QED) is 0.633. The van der Waals surface area contributed by atoms with Gasteiger partial charge < -0.3 is 19.5 Å². The number of nitrogens with zero attached hydrogens (tertiary/aromatic N) is 1. The van der Waals surface area contributed by atoms with Gasteiger partial charge >= 0.3 is 11.9 Å². The van der Waals surface area contributed by atoms with Crippen molar-refractivity contribution in [1.29, 1.82) is 0 Å². The number of carbonyl (C=O) groups excluding carboxylic acids is 3. The third-order valence-corrected chi connectivity index (χ3v) is 4.97. The van der Waals surface area contributed by atoms with Gasteiger partial charge in [-0.1, -0.05) is 12.1 Å². The van der Waals surface area contributed by atoms with Gasteiger partial charge in [0.15, 0.2) is 5.78 Å². The molecular weight excluding hydrogens is 338 g/mol. The molecule has 7 nitrogen and oxygen atoms in total. The summed E-state index contributed by atoms with van der Waals surface area (Å²) < 4.78 is 9.67. The highest BCUT2D eigenvalue weighted by Gasteiger charge is 2.56. The van der Waals surface area contributed by atoms with E-state index < -0.39 is 41.1 Å². The molecule has 0 unspecified atom stereocenters. The number of esters is 2. The fraction of sp³-hybridized carbons (Fsp3) is 0.526. The SMILES string of the molecule is COC(=O)[C@H]1C(=O)C[C@](C)(O)[C@@H](C(=O)OC)[C@H]1c1ccc(N(C)C)cc1. The van der Waals surface area contributed by atoms with Crippen LogP contribution in [0.15, 0.2) is 24.3 Å². The molecule has 0 heterocycles. The lowest BCUT2D eigenvalue weighted by Crippen LogP contribution is -2.55. The molecule has 1 saturated carbocycles. The number of ether oxygens (including phenoxy) is 2. The molecule has 2 rings (SSSR count). The highest BCUT2D eigenvalue weighted by molar-refractivity contribution is 6.02. The number of carbonyl (C=O) groups is 3. The lowest BCUT2D eigenvalue weighted by atomic mass is 9.62. The molecule has 1 aliphatic rings. The zero-order chi connectivity index (χ0) is 19.6. The van der Waals surface area contributed by atoms with Gasteiger partial charge in [0.2, 0.25) is 0 Å².